The molecular weight excluding hydrogens is 270 g/mol. The molecule has 1 aliphatic rings. The van der Waals surface area contributed by atoms with E-state index in [9.17, 15) is 4.79 Å². The highest BCUT2D eigenvalue weighted by molar-refractivity contribution is 5.75. The largest absolute Gasteiger partial charge is 0.465 e. The summed E-state index contributed by atoms with van der Waals surface area (Å²) in [5.41, 5.74) is 0. The maximum atomic E-state index is 11.9. The molecule has 0 spiro atoms. The van der Waals surface area contributed by atoms with Crippen LogP contribution < -0.4 is 5.32 Å². The second-order valence-electron chi connectivity index (χ2n) is 5.77. The molecule has 0 bridgehead atoms. The minimum atomic E-state index is -0.264. The molecule has 0 aromatic carbocycles. The Labute approximate surface area is 128 Å². The Morgan fingerprint density at radius 2 is 1.95 bits per heavy atom. The number of nitrogens with one attached hydrogen (secondary N) is 1. The summed E-state index contributed by atoms with van der Waals surface area (Å²) < 4.78 is 16.7. The van der Waals surface area contributed by atoms with Gasteiger partial charge in [-0.15, -0.1) is 0 Å². The Morgan fingerprint density at radius 3 is 2.52 bits per heavy atom. The van der Waals surface area contributed by atoms with E-state index in [1.807, 2.05) is 6.92 Å². The molecule has 0 aromatic rings. The van der Waals surface area contributed by atoms with E-state index >= 15 is 0 Å². The van der Waals surface area contributed by atoms with Crippen molar-refractivity contribution in [2.24, 2.45) is 0 Å². The molecule has 1 aliphatic heterocycles. The fourth-order valence-corrected chi connectivity index (χ4v) is 2.70. The van der Waals surface area contributed by atoms with Crippen molar-refractivity contribution in [3.05, 3.63) is 0 Å². The Kier molecular flexibility index (Phi) is 8.88. The highest BCUT2D eigenvalue weighted by Gasteiger charge is 2.26. The molecule has 1 saturated heterocycles. The molecule has 21 heavy (non-hydrogen) atoms. The molecule has 3 unspecified atom stereocenters. The van der Waals surface area contributed by atoms with Gasteiger partial charge in [-0.25, -0.2) is 0 Å². The lowest BCUT2D eigenvalue weighted by Crippen LogP contribution is -2.40. The van der Waals surface area contributed by atoms with Crippen LogP contribution in [0.3, 0.4) is 0 Å². The van der Waals surface area contributed by atoms with Gasteiger partial charge < -0.3 is 19.5 Å². The quantitative estimate of drug-likeness (QED) is 0.662. The van der Waals surface area contributed by atoms with Crippen molar-refractivity contribution in [2.45, 2.75) is 77.7 Å². The van der Waals surface area contributed by atoms with Gasteiger partial charge in [0, 0.05) is 6.61 Å². The van der Waals surface area contributed by atoms with Gasteiger partial charge in [0.25, 0.3) is 0 Å². The van der Waals surface area contributed by atoms with Crippen LogP contribution in [0.4, 0.5) is 0 Å². The van der Waals surface area contributed by atoms with Crippen molar-refractivity contribution in [2.75, 3.05) is 19.8 Å². The van der Waals surface area contributed by atoms with E-state index in [2.05, 4.69) is 26.1 Å². The van der Waals surface area contributed by atoms with E-state index in [0.29, 0.717) is 19.6 Å². The molecule has 0 radical (unpaired) electrons. The van der Waals surface area contributed by atoms with Crippen molar-refractivity contribution < 1.29 is 19.0 Å². The summed E-state index contributed by atoms with van der Waals surface area (Å²) in [7, 11) is 0. The maximum absolute atomic E-state index is 11.9. The number of hydrogen-bond donors (Lipinski definition) is 1. The van der Waals surface area contributed by atoms with Gasteiger partial charge in [-0.05, 0) is 53.0 Å². The van der Waals surface area contributed by atoms with Crippen LogP contribution in [0.25, 0.3) is 0 Å². The molecule has 0 aliphatic carbocycles. The zero-order valence-electron chi connectivity index (χ0n) is 13.9. The first kappa shape index (κ1) is 18.4. The lowest BCUT2D eigenvalue weighted by Gasteiger charge is -2.32. The number of rotatable bonds is 9. The van der Waals surface area contributed by atoms with Gasteiger partial charge in [0.1, 0.15) is 6.04 Å². The average molecular weight is 301 g/mol. The van der Waals surface area contributed by atoms with Gasteiger partial charge in [0.15, 0.2) is 0 Å². The Hall–Kier alpha value is -0.650. The van der Waals surface area contributed by atoms with E-state index < -0.39 is 0 Å². The van der Waals surface area contributed by atoms with E-state index in [-0.39, 0.29) is 30.3 Å². The van der Waals surface area contributed by atoms with E-state index in [0.717, 1.165) is 25.8 Å². The van der Waals surface area contributed by atoms with Crippen LogP contribution in [0, 0.1) is 0 Å². The zero-order valence-corrected chi connectivity index (χ0v) is 13.9. The van der Waals surface area contributed by atoms with Gasteiger partial charge in [0.05, 0.1) is 24.9 Å². The Balaban J connectivity index is 2.32. The fourth-order valence-electron chi connectivity index (χ4n) is 2.70. The lowest BCUT2D eigenvalue weighted by molar-refractivity contribution is -0.147. The number of ether oxygens (including phenoxy) is 3. The predicted molar refractivity (Wildman–Crippen MR) is 82.3 cm³/mol. The monoisotopic (exact) mass is 301 g/mol. The highest BCUT2D eigenvalue weighted by atomic mass is 16.5. The summed E-state index contributed by atoms with van der Waals surface area (Å²) in [6, 6.07) is -0.264. The van der Waals surface area contributed by atoms with Crippen LogP contribution in [0.5, 0.6) is 0 Å². The van der Waals surface area contributed by atoms with E-state index in [1.54, 1.807) is 0 Å². The first-order valence-electron chi connectivity index (χ1n) is 8.23. The molecule has 5 nitrogen and oxygen atoms in total. The normalized spacial score (nSPS) is 27.3. The molecule has 0 saturated carbocycles. The third-order valence-corrected chi connectivity index (χ3v) is 3.63. The van der Waals surface area contributed by atoms with Gasteiger partial charge in [0.2, 0.25) is 0 Å². The summed E-state index contributed by atoms with van der Waals surface area (Å²) in [5, 5.41) is 3.23. The smallest absolute Gasteiger partial charge is 0.323 e. The van der Waals surface area contributed by atoms with Crippen molar-refractivity contribution in [3.8, 4) is 0 Å². The number of hydrogen-bond acceptors (Lipinski definition) is 5. The minimum absolute atomic E-state index is 0.178. The topological polar surface area (TPSA) is 56.8 Å². The Morgan fingerprint density at radius 1 is 1.29 bits per heavy atom. The fraction of sp³-hybridized carbons (Fsp3) is 0.938. The molecule has 1 fully saturated rings. The average Bonchev–Trinajstić information content (AvgIpc) is 2.41. The molecular formula is C16H31NO4. The molecule has 5 heteroatoms. The van der Waals surface area contributed by atoms with E-state index in [1.165, 1.54) is 0 Å². The summed E-state index contributed by atoms with van der Waals surface area (Å²) in [5.74, 6) is -0.178. The second kappa shape index (κ2) is 10.1. The van der Waals surface area contributed by atoms with Crippen LogP contribution in [0.2, 0.25) is 0 Å². The van der Waals surface area contributed by atoms with Crippen molar-refractivity contribution in [3.63, 3.8) is 0 Å². The third-order valence-electron chi connectivity index (χ3n) is 3.63. The molecule has 0 amide bonds. The summed E-state index contributed by atoms with van der Waals surface area (Å²) in [6.45, 7) is 9.87. The number of carbonyl (C=O) groups is 1. The Bertz CT molecular complexity index is 288. The van der Waals surface area contributed by atoms with Crippen LogP contribution in [0.15, 0.2) is 0 Å². The number of carbonyl (C=O) groups excluding carboxylic acids is 1. The molecule has 1 N–H and O–H groups in total. The molecule has 1 rings (SSSR count). The molecule has 0 aromatic heterocycles. The van der Waals surface area contributed by atoms with Gasteiger partial charge in [-0.3, -0.25) is 4.79 Å². The highest BCUT2D eigenvalue weighted by Crippen LogP contribution is 2.21. The first-order chi connectivity index (χ1) is 10.1. The SMILES string of the molecule is CCCNC(CCOC1CC(C)OC(C)C1)C(=O)OCC. The summed E-state index contributed by atoms with van der Waals surface area (Å²) >= 11 is 0. The summed E-state index contributed by atoms with van der Waals surface area (Å²) in [4.78, 5) is 11.9. The minimum Gasteiger partial charge on any atom is -0.465 e. The van der Waals surface area contributed by atoms with Crippen LogP contribution in [-0.2, 0) is 19.0 Å². The first-order valence-corrected chi connectivity index (χ1v) is 8.23. The summed E-state index contributed by atoms with van der Waals surface area (Å²) in [6.07, 6.45) is 4.23. The zero-order chi connectivity index (χ0) is 15.7. The predicted octanol–water partition coefficient (Wildman–Crippen LogP) is 2.28. The third kappa shape index (κ3) is 7.25. The van der Waals surface area contributed by atoms with E-state index in [4.69, 9.17) is 14.2 Å². The van der Waals surface area contributed by atoms with Crippen LogP contribution in [-0.4, -0.2) is 50.1 Å². The van der Waals surface area contributed by atoms with Crippen molar-refractivity contribution in [1.29, 1.82) is 0 Å². The van der Waals surface area contributed by atoms with Crippen LogP contribution >= 0.6 is 0 Å². The van der Waals surface area contributed by atoms with Gasteiger partial charge in [-0.2, -0.15) is 0 Å². The molecule has 3 atom stereocenters. The van der Waals surface area contributed by atoms with Gasteiger partial charge >= 0.3 is 5.97 Å². The molecule has 124 valence electrons. The standard InChI is InChI=1S/C16H31NO4/c1-5-8-17-15(16(18)19-6-2)7-9-20-14-10-12(3)21-13(4)11-14/h12-15,17H,5-11H2,1-4H3. The van der Waals surface area contributed by atoms with Crippen molar-refractivity contribution in [1.82, 2.24) is 5.32 Å². The van der Waals surface area contributed by atoms with Crippen LogP contribution in [0.1, 0.15) is 53.4 Å². The second-order valence-corrected chi connectivity index (χ2v) is 5.77. The van der Waals surface area contributed by atoms with Gasteiger partial charge in [-0.1, -0.05) is 6.92 Å². The lowest BCUT2D eigenvalue weighted by atomic mass is 10.0. The molecule has 1 heterocycles. The number of esters is 1. The van der Waals surface area contributed by atoms with Crippen molar-refractivity contribution >= 4 is 5.97 Å². The maximum Gasteiger partial charge on any atom is 0.323 e.